The average molecular weight is 345 g/mol. The number of methoxy groups -OCH3 is 1. The SMILES string of the molecule is COC(=O)c1c(C)oc2ccc(NS(=O)(=O)c3ccccc3)cc12. The molecule has 0 spiro atoms. The lowest BCUT2D eigenvalue weighted by Crippen LogP contribution is -2.12. The summed E-state index contributed by atoms with van der Waals surface area (Å²) in [5.74, 6) is -0.116. The highest BCUT2D eigenvalue weighted by molar-refractivity contribution is 7.92. The first kappa shape index (κ1) is 16.1. The summed E-state index contributed by atoms with van der Waals surface area (Å²) in [6, 6.07) is 12.8. The first-order chi connectivity index (χ1) is 11.4. The van der Waals surface area contributed by atoms with Crippen LogP contribution in [0.1, 0.15) is 16.1 Å². The normalized spacial score (nSPS) is 11.4. The van der Waals surface area contributed by atoms with E-state index in [2.05, 4.69) is 4.72 Å². The predicted octanol–water partition coefficient (Wildman–Crippen LogP) is 3.33. The van der Waals surface area contributed by atoms with Crippen molar-refractivity contribution in [2.45, 2.75) is 11.8 Å². The Kier molecular flexibility index (Phi) is 4.02. The molecule has 0 radical (unpaired) electrons. The molecule has 0 atom stereocenters. The smallest absolute Gasteiger partial charge is 0.342 e. The second-order valence-corrected chi connectivity index (χ2v) is 6.84. The number of sulfonamides is 1. The predicted molar refractivity (Wildman–Crippen MR) is 89.5 cm³/mol. The Morgan fingerprint density at radius 1 is 1.12 bits per heavy atom. The number of hydrogen-bond acceptors (Lipinski definition) is 5. The van der Waals surface area contributed by atoms with E-state index in [0.29, 0.717) is 22.4 Å². The van der Waals surface area contributed by atoms with Gasteiger partial charge < -0.3 is 9.15 Å². The minimum absolute atomic E-state index is 0.154. The standard InChI is InChI=1S/C17H15NO5S/c1-11-16(17(19)22-2)14-10-12(8-9-15(14)23-11)18-24(20,21)13-6-4-3-5-7-13/h3-10,18H,1-2H3. The molecule has 1 heterocycles. The Balaban J connectivity index is 2.04. The molecule has 0 aliphatic rings. The molecule has 0 aliphatic carbocycles. The van der Waals surface area contributed by atoms with Gasteiger partial charge in [-0.15, -0.1) is 0 Å². The first-order valence-corrected chi connectivity index (χ1v) is 8.60. The van der Waals surface area contributed by atoms with Gasteiger partial charge in [0.15, 0.2) is 0 Å². The van der Waals surface area contributed by atoms with Gasteiger partial charge >= 0.3 is 5.97 Å². The Labute approximate surface area is 139 Å². The van der Waals surface area contributed by atoms with Gasteiger partial charge in [-0.1, -0.05) is 18.2 Å². The van der Waals surface area contributed by atoms with Crippen molar-refractivity contribution >= 4 is 32.6 Å². The first-order valence-electron chi connectivity index (χ1n) is 7.12. The highest BCUT2D eigenvalue weighted by Crippen LogP contribution is 2.29. The van der Waals surface area contributed by atoms with Gasteiger partial charge in [-0.3, -0.25) is 4.72 Å². The van der Waals surface area contributed by atoms with Crippen molar-refractivity contribution in [2.75, 3.05) is 11.8 Å². The fourth-order valence-electron chi connectivity index (χ4n) is 2.45. The van der Waals surface area contributed by atoms with Crippen LogP contribution in [0.5, 0.6) is 0 Å². The van der Waals surface area contributed by atoms with E-state index in [4.69, 9.17) is 9.15 Å². The highest BCUT2D eigenvalue weighted by Gasteiger charge is 2.20. The second-order valence-electron chi connectivity index (χ2n) is 5.15. The van der Waals surface area contributed by atoms with Crippen LogP contribution in [0.2, 0.25) is 0 Å². The van der Waals surface area contributed by atoms with Crippen LogP contribution in [0, 0.1) is 6.92 Å². The molecule has 0 amide bonds. The molecule has 0 aliphatic heterocycles. The van der Waals surface area contributed by atoms with Crippen molar-refractivity contribution in [2.24, 2.45) is 0 Å². The third-order valence-electron chi connectivity index (χ3n) is 3.56. The van der Waals surface area contributed by atoms with Crippen LogP contribution in [0.15, 0.2) is 57.8 Å². The van der Waals surface area contributed by atoms with Gasteiger partial charge in [0.05, 0.1) is 12.0 Å². The largest absolute Gasteiger partial charge is 0.465 e. The number of aryl methyl sites for hydroxylation is 1. The zero-order valence-electron chi connectivity index (χ0n) is 13.1. The Morgan fingerprint density at radius 3 is 2.50 bits per heavy atom. The minimum Gasteiger partial charge on any atom is -0.465 e. The molecule has 0 bridgehead atoms. The number of benzene rings is 2. The quantitative estimate of drug-likeness (QED) is 0.733. The summed E-state index contributed by atoms with van der Waals surface area (Å²) >= 11 is 0. The molecule has 0 unspecified atom stereocenters. The molecule has 24 heavy (non-hydrogen) atoms. The summed E-state index contributed by atoms with van der Waals surface area (Å²) in [5.41, 5.74) is 1.10. The summed E-state index contributed by atoms with van der Waals surface area (Å²) in [7, 11) is -2.43. The molecule has 3 aromatic rings. The molecule has 3 rings (SSSR count). The maximum absolute atomic E-state index is 12.4. The Morgan fingerprint density at radius 2 is 1.83 bits per heavy atom. The minimum atomic E-state index is -3.71. The maximum atomic E-state index is 12.4. The molecule has 7 heteroatoms. The third-order valence-corrected chi connectivity index (χ3v) is 4.96. The van der Waals surface area contributed by atoms with E-state index in [1.54, 1.807) is 43.3 Å². The van der Waals surface area contributed by atoms with E-state index in [1.807, 2.05) is 0 Å². The topological polar surface area (TPSA) is 85.6 Å². The number of anilines is 1. The number of fused-ring (bicyclic) bond motifs is 1. The van der Waals surface area contributed by atoms with Crippen LogP contribution < -0.4 is 4.72 Å². The van der Waals surface area contributed by atoms with E-state index in [0.717, 1.165) is 0 Å². The number of rotatable bonds is 4. The van der Waals surface area contributed by atoms with Gasteiger partial charge in [0.25, 0.3) is 10.0 Å². The van der Waals surface area contributed by atoms with Gasteiger partial charge in [-0.05, 0) is 37.3 Å². The van der Waals surface area contributed by atoms with Crippen LogP contribution in [-0.2, 0) is 14.8 Å². The summed E-state index contributed by atoms with van der Waals surface area (Å²) in [5, 5.41) is 0.493. The second kappa shape index (κ2) is 6.01. The number of furan rings is 1. The molecular weight excluding hydrogens is 330 g/mol. The van der Waals surface area contributed by atoms with Crippen molar-refractivity contribution in [3.05, 3.63) is 59.9 Å². The molecule has 1 aromatic heterocycles. The lowest BCUT2D eigenvalue weighted by atomic mass is 10.1. The van der Waals surface area contributed by atoms with E-state index in [9.17, 15) is 13.2 Å². The Bertz CT molecular complexity index is 1010. The number of carbonyl (C=O) groups excluding carboxylic acids is 1. The van der Waals surface area contributed by atoms with E-state index in [-0.39, 0.29) is 10.5 Å². The Hall–Kier alpha value is -2.80. The van der Waals surface area contributed by atoms with Gasteiger partial charge in [0.1, 0.15) is 16.9 Å². The molecule has 0 saturated heterocycles. The molecule has 0 saturated carbocycles. The van der Waals surface area contributed by atoms with Crippen LogP contribution >= 0.6 is 0 Å². The molecular formula is C17H15NO5S. The average Bonchev–Trinajstić information content (AvgIpc) is 2.90. The molecule has 2 aromatic carbocycles. The van der Waals surface area contributed by atoms with Gasteiger partial charge in [0, 0.05) is 11.1 Å². The summed E-state index contributed by atoms with van der Waals surface area (Å²) < 4.78 is 37.6. The van der Waals surface area contributed by atoms with Crippen LogP contribution in [-0.4, -0.2) is 21.5 Å². The molecule has 124 valence electrons. The summed E-state index contributed by atoms with van der Waals surface area (Å²) in [6.07, 6.45) is 0. The molecule has 1 N–H and O–H groups in total. The number of ether oxygens (including phenoxy) is 1. The van der Waals surface area contributed by atoms with Crippen molar-refractivity contribution in [1.29, 1.82) is 0 Å². The summed E-state index contributed by atoms with van der Waals surface area (Å²) in [6.45, 7) is 1.65. The van der Waals surface area contributed by atoms with Gasteiger partial charge in [-0.2, -0.15) is 0 Å². The van der Waals surface area contributed by atoms with Crippen LogP contribution in [0.4, 0.5) is 5.69 Å². The maximum Gasteiger partial charge on any atom is 0.342 e. The number of hydrogen-bond donors (Lipinski definition) is 1. The fourth-order valence-corrected chi connectivity index (χ4v) is 3.52. The highest BCUT2D eigenvalue weighted by atomic mass is 32.2. The fraction of sp³-hybridized carbons (Fsp3) is 0.118. The monoisotopic (exact) mass is 345 g/mol. The number of esters is 1. The van der Waals surface area contributed by atoms with Crippen molar-refractivity contribution < 1.29 is 22.4 Å². The van der Waals surface area contributed by atoms with Gasteiger partial charge in [0.2, 0.25) is 0 Å². The van der Waals surface area contributed by atoms with Crippen molar-refractivity contribution in [3.63, 3.8) is 0 Å². The van der Waals surface area contributed by atoms with Gasteiger partial charge in [-0.25, -0.2) is 13.2 Å². The van der Waals surface area contributed by atoms with Crippen LogP contribution in [0.3, 0.4) is 0 Å². The van der Waals surface area contributed by atoms with E-state index < -0.39 is 16.0 Å². The lowest BCUT2D eigenvalue weighted by Gasteiger charge is -2.08. The zero-order chi connectivity index (χ0) is 17.3. The number of nitrogens with one attached hydrogen (secondary N) is 1. The van der Waals surface area contributed by atoms with Crippen molar-refractivity contribution in [3.8, 4) is 0 Å². The van der Waals surface area contributed by atoms with Crippen LogP contribution in [0.25, 0.3) is 11.0 Å². The van der Waals surface area contributed by atoms with E-state index in [1.165, 1.54) is 19.2 Å². The van der Waals surface area contributed by atoms with Crippen molar-refractivity contribution in [1.82, 2.24) is 0 Å². The molecule has 0 fully saturated rings. The zero-order valence-corrected chi connectivity index (χ0v) is 13.9. The third kappa shape index (κ3) is 2.85. The lowest BCUT2D eigenvalue weighted by molar-refractivity contribution is 0.0600. The van der Waals surface area contributed by atoms with E-state index >= 15 is 0 Å². The molecule has 6 nitrogen and oxygen atoms in total. The number of carbonyl (C=O) groups is 1. The summed E-state index contributed by atoms with van der Waals surface area (Å²) in [4.78, 5) is 12.1.